The van der Waals surface area contributed by atoms with Crippen LogP contribution in [-0.4, -0.2) is 27.3 Å². The summed E-state index contributed by atoms with van der Waals surface area (Å²) in [7, 11) is 0. The molecular formula is C18H12ClF2N3O. The molecule has 5 rings (SSSR count). The maximum atomic E-state index is 14.8. The lowest BCUT2D eigenvalue weighted by atomic mass is 9.98. The van der Waals surface area contributed by atoms with Crippen LogP contribution in [0.5, 0.6) is 0 Å². The van der Waals surface area contributed by atoms with Crippen molar-refractivity contribution in [2.45, 2.75) is 18.5 Å². The standard InChI is InChI=1S/C18H12ClF2N3O/c1-23-15-7-14(16-10(18(23)25)5-9(20)6-11(16)21)24-13-4-8(19)2-3-12(13)22-17(15)24/h2-6,14-15H,7H2,1H3/t14-,15-/m1/s1/i1D3. The molecule has 2 aliphatic rings. The van der Waals surface area contributed by atoms with Crippen molar-refractivity contribution in [2.24, 2.45) is 0 Å². The third-order valence-corrected chi connectivity index (χ3v) is 5.16. The van der Waals surface area contributed by atoms with Gasteiger partial charge in [-0.3, -0.25) is 4.79 Å². The number of halogens is 3. The van der Waals surface area contributed by atoms with Crippen molar-refractivity contribution >= 4 is 28.5 Å². The number of carbonyl (C=O) groups is 1. The summed E-state index contributed by atoms with van der Waals surface area (Å²) in [6.07, 6.45) is 0.129. The molecule has 126 valence electrons. The zero-order valence-electron chi connectivity index (χ0n) is 15.6. The molecule has 0 spiro atoms. The van der Waals surface area contributed by atoms with Gasteiger partial charge in [0, 0.05) is 34.2 Å². The molecule has 0 aliphatic carbocycles. The van der Waals surface area contributed by atoms with Gasteiger partial charge in [-0.15, -0.1) is 0 Å². The average molecular weight is 363 g/mol. The van der Waals surface area contributed by atoms with Gasteiger partial charge in [-0.25, -0.2) is 13.8 Å². The van der Waals surface area contributed by atoms with E-state index < -0.39 is 36.6 Å². The number of imidazole rings is 1. The number of rotatable bonds is 0. The van der Waals surface area contributed by atoms with Crippen molar-refractivity contribution in [2.75, 3.05) is 6.98 Å². The summed E-state index contributed by atoms with van der Waals surface area (Å²) in [6, 6.07) is 4.99. The Balaban J connectivity index is 1.89. The Bertz CT molecular complexity index is 1180. The molecule has 3 aromatic rings. The molecule has 25 heavy (non-hydrogen) atoms. The molecule has 0 unspecified atom stereocenters. The van der Waals surface area contributed by atoms with E-state index in [0.717, 1.165) is 6.07 Å². The summed E-state index contributed by atoms with van der Waals surface area (Å²) in [6.45, 7) is -2.80. The largest absolute Gasteiger partial charge is 0.331 e. The predicted molar refractivity (Wildman–Crippen MR) is 88.7 cm³/mol. The van der Waals surface area contributed by atoms with E-state index in [1.807, 2.05) is 0 Å². The number of amides is 1. The Morgan fingerprint density at radius 2 is 2.12 bits per heavy atom. The van der Waals surface area contributed by atoms with Gasteiger partial charge in [-0.1, -0.05) is 11.6 Å². The minimum absolute atomic E-state index is 0.0267. The van der Waals surface area contributed by atoms with E-state index in [-0.39, 0.29) is 17.5 Å². The fourth-order valence-electron chi connectivity index (χ4n) is 3.91. The molecule has 1 aromatic heterocycles. The number of nitrogens with zero attached hydrogens (tertiary/aromatic N) is 3. The molecule has 7 heteroatoms. The molecule has 4 nitrogen and oxygen atoms in total. The normalized spacial score (nSPS) is 23.7. The van der Waals surface area contributed by atoms with Crippen LogP contribution in [0.2, 0.25) is 5.02 Å². The Morgan fingerprint density at radius 1 is 1.28 bits per heavy atom. The molecule has 1 amide bonds. The average Bonchev–Trinajstić information content (AvgIpc) is 3.07. The molecule has 2 aliphatic heterocycles. The molecule has 2 bridgehead atoms. The van der Waals surface area contributed by atoms with Crippen LogP contribution in [0.25, 0.3) is 11.0 Å². The number of hydrogen-bond acceptors (Lipinski definition) is 2. The fourth-order valence-corrected chi connectivity index (χ4v) is 4.08. The maximum absolute atomic E-state index is 14.8. The number of fused-ring (bicyclic) bond motifs is 9. The summed E-state index contributed by atoms with van der Waals surface area (Å²) in [5, 5.41) is 0.443. The quantitative estimate of drug-likeness (QED) is 0.604. The second-order valence-corrected chi connectivity index (χ2v) is 6.70. The third kappa shape index (κ3) is 1.86. The molecule has 0 saturated heterocycles. The first-order valence-corrected chi connectivity index (χ1v) is 8.04. The zero-order valence-corrected chi connectivity index (χ0v) is 13.4. The summed E-state index contributed by atoms with van der Waals surface area (Å²) in [5.74, 6) is -2.42. The maximum Gasteiger partial charge on any atom is 0.254 e. The van der Waals surface area contributed by atoms with Gasteiger partial charge in [-0.05, 0) is 24.3 Å². The highest BCUT2D eigenvalue weighted by molar-refractivity contribution is 6.31. The minimum atomic E-state index is -2.80. The molecule has 3 heterocycles. The van der Waals surface area contributed by atoms with Crippen molar-refractivity contribution in [3.8, 4) is 0 Å². The monoisotopic (exact) mass is 362 g/mol. The van der Waals surface area contributed by atoms with E-state index in [0.29, 0.717) is 32.8 Å². The van der Waals surface area contributed by atoms with E-state index >= 15 is 0 Å². The Labute approximate surface area is 150 Å². The first-order valence-electron chi connectivity index (χ1n) is 9.17. The van der Waals surface area contributed by atoms with Crippen molar-refractivity contribution in [3.63, 3.8) is 0 Å². The molecule has 0 radical (unpaired) electrons. The van der Waals surface area contributed by atoms with Crippen molar-refractivity contribution in [1.82, 2.24) is 14.5 Å². The molecule has 0 fully saturated rings. The summed E-state index contributed by atoms with van der Waals surface area (Å²) in [5.41, 5.74) is 0.847. The summed E-state index contributed by atoms with van der Waals surface area (Å²) >= 11 is 6.11. The van der Waals surface area contributed by atoms with Gasteiger partial charge in [0.15, 0.2) is 0 Å². The first-order chi connectivity index (χ1) is 13.2. The molecule has 2 aromatic carbocycles. The Hall–Kier alpha value is -2.47. The van der Waals surface area contributed by atoms with E-state index in [9.17, 15) is 13.6 Å². The van der Waals surface area contributed by atoms with Crippen LogP contribution in [0.3, 0.4) is 0 Å². The topological polar surface area (TPSA) is 38.1 Å². The van der Waals surface area contributed by atoms with Crippen LogP contribution in [0.15, 0.2) is 30.3 Å². The lowest BCUT2D eigenvalue weighted by Gasteiger charge is -2.24. The van der Waals surface area contributed by atoms with Crippen molar-refractivity contribution in [3.05, 3.63) is 63.9 Å². The smallest absolute Gasteiger partial charge is 0.254 e. The van der Waals surface area contributed by atoms with E-state index in [4.69, 9.17) is 15.7 Å². The van der Waals surface area contributed by atoms with E-state index in [2.05, 4.69) is 4.98 Å². The second-order valence-electron chi connectivity index (χ2n) is 6.26. The van der Waals surface area contributed by atoms with Gasteiger partial charge in [-0.2, -0.15) is 0 Å². The molecular weight excluding hydrogens is 348 g/mol. The highest BCUT2D eigenvalue weighted by atomic mass is 35.5. The van der Waals surface area contributed by atoms with Crippen LogP contribution >= 0.6 is 11.6 Å². The molecule has 0 saturated carbocycles. The minimum Gasteiger partial charge on any atom is -0.331 e. The first kappa shape index (κ1) is 12.0. The second kappa shape index (κ2) is 4.79. The van der Waals surface area contributed by atoms with Gasteiger partial charge in [0.1, 0.15) is 17.5 Å². The third-order valence-electron chi connectivity index (χ3n) is 4.92. The number of benzene rings is 2. The van der Waals surface area contributed by atoms with Crippen molar-refractivity contribution in [1.29, 1.82) is 0 Å². The number of aromatic nitrogens is 2. The fraction of sp³-hybridized carbons (Fsp3) is 0.222. The van der Waals surface area contributed by atoms with Gasteiger partial charge in [0.2, 0.25) is 0 Å². The van der Waals surface area contributed by atoms with E-state index in [1.54, 1.807) is 22.8 Å². The van der Waals surface area contributed by atoms with Gasteiger partial charge in [0.25, 0.3) is 5.91 Å². The van der Waals surface area contributed by atoms with Crippen LogP contribution in [0.1, 0.15) is 44.4 Å². The van der Waals surface area contributed by atoms with E-state index in [1.165, 1.54) is 0 Å². The van der Waals surface area contributed by atoms with Gasteiger partial charge in [0.05, 0.1) is 28.7 Å². The highest BCUT2D eigenvalue weighted by Crippen LogP contribution is 2.48. The van der Waals surface area contributed by atoms with Crippen LogP contribution in [0, 0.1) is 11.6 Å². The van der Waals surface area contributed by atoms with Crippen LogP contribution in [-0.2, 0) is 0 Å². The summed E-state index contributed by atoms with van der Waals surface area (Å²) in [4.78, 5) is 18.2. The van der Waals surface area contributed by atoms with Gasteiger partial charge < -0.3 is 9.47 Å². The number of hydrogen-bond donors (Lipinski definition) is 0. The lowest BCUT2D eigenvalue weighted by molar-refractivity contribution is 0.0733. The zero-order chi connectivity index (χ0) is 20.0. The predicted octanol–water partition coefficient (Wildman–Crippen LogP) is 4.09. The van der Waals surface area contributed by atoms with Crippen LogP contribution in [0.4, 0.5) is 8.78 Å². The SMILES string of the molecule is [2H]C([2H])([2H])N1C(=O)c2cc(F)cc(F)c2[C@H]2C[C@@H]1c1nc3ccc(Cl)cc3n12. The van der Waals surface area contributed by atoms with Gasteiger partial charge >= 0.3 is 0 Å². The Kier molecular flexibility index (Phi) is 2.29. The molecule has 2 atom stereocenters. The number of carbonyl (C=O) groups excluding carboxylic acids is 1. The summed E-state index contributed by atoms with van der Waals surface area (Å²) < 4.78 is 54.0. The molecule has 0 N–H and O–H groups in total. The van der Waals surface area contributed by atoms with Crippen molar-refractivity contribution < 1.29 is 17.7 Å². The Morgan fingerprint density at radius 3 is 2.92 bits per heavy atom. The van der Waals surface area contributed by atoms with Crippen LogP contribution < -0.4 is 0 Å². The highest BCUT2D eigenvalue weighted by Gasteiger charge is 2.44. The lowest BCUT2D eigenvalue weighted by Crippen LogP contribution is -2.30.